The van der Waals surface area contributed by atoms with Gasteiger partial charge in [0.25, 0.3) is 0 Å². The Bertz CT molecular complexity index is 1470. The summed E-state index contributed by atoms with van der Waals surface area (Å²) in [6.45, 7) is 4.81. The lowest BCUT2D eigenvalue weighted by atomic mass is 10.1. The highest BCUT2D eigenvalue weighted by Gasteiger charge is 2.24. The molecule has 11 heteroatoms. The molecule has 5 rings (SSSR count). The standard InChI is InChI=1S/C24H22BrN7OS2/c1-3-19(22(33)27-23-30-28-17(13-34-23)14-9-11-15(25)12-10-14)35-24-26-21-20(29-31-24)16-7-5-6-8-18(16)32(21)4-2/h5-12,19H,3-4,13H2,1-2H3,(H,27,30,33). The molecule has 4 aromatic rings. The zero-order valence-electron chi connectivity index (χ0n) is 19.1. The first-order chi connectivity index (χ1) is 17.1. The Morgan fingerprint density at radius 1 is 1.14 bits per heavy atom. The van der Waals surface area contributed by atoms with Gasteiger partial charge in [-0.3, -0.25) is 4.79 Å². The van der Waals surface area contributed by atoms with E-state index in [0.717, 1.165) is 44.4 Å². The summed E-state index contributed by atoms with van der Waals surface area (Å²) in [6.07, 6.45) is 0.611. The number of carbonyl (C=O) groups excluding carboxylic acids is 1. The number of fused-ring (bicyclic) bond motifs is 3. The molecule has 0 spiro atoms. The van der Waals surface area contributed by atoms with E-state index in [-0.39, 0.29) is 11.2 Å². The first kappa shape index (κ1) is 24.0. The van der Waals surface area contributed by atoms with Crippen molar-refractivity contribution in [3.8, 4) is 0 Å². The molecule has 1 amide bonds. The molecule has 3 heterocycles. The number of amidine groups is 1. The lowest BCUT2D eigenvalue weighted by Gasteiger charge is -2.16. The van der Waals surface area contributed by atoms with E-state index in [9.17, 15) is 4.79 Å². The summed E-state index contributed by atoms with van der Waals surface area (Å²) in [7, 11) is 0. The molecule has 0 radical (unpaired) electrons. The minimum atomic E-state index is -0.381. The van der Waals surface area contributed by atoms with Crippen molar-refractivity contribution in [2.45, 2.75) is 37.2 Å². The van der Waals surface area contributed by atoms with E-state index in [1.807, 2.05) is 49.4 Å². The zero-order chi connectivity index (χ0) is 24.4. The van der Waals surface area contributed by atoms with Crippen molar-refractivity contribution in [2.24, 2.45) is 10.2 Å². The van der Waals surface area contributed by atoms with Crippen molar-refractivity contribution in [3.05, 3.63) is 58.6 Å². The van der Waals surface area contributed by atoms with Crippen LogP contribution in [0.4, 0.5) is 0 Å². The highest BCUT2D eigenvalue weighted by atomic mass is 79.9. The molecule has 2 aromatic heterocycles. The van der Waals surface area contributed by atoms with Gasteiger partial charge in [0, 0.05) is 22.2 Å². The first-order valence-corrected chi connectivity index (χ1v) is 13.9. The number of amides is 1. The van der Waals surface area contributed by atoms with Crippen LogP contribution in [-0.4, -0.2) is 47.5 Å². The normalized spacial score (nSPS) is 14.6. The third-order valence-corrected chi connectivity index (χ3v) is 8.22. The number of aromatic nitrogens is 4. The lowest BCUT2D eigenvalue weighted by Crippen LogP contribution is -2.37. The summed E-state index contributed by atoms with van der Waals surface area (Å²) < 4.78 is 3.14. The second-order valence-corrected chi connectivity index (χ2v) is 10.8. The van der Waals surface area contributed by atoms with Crippen molar-refractivity contribution in [1.29, 1.82) is 0 Å². The quantitative estimate of drug-likeness (QED) is 0.319. The molecule has 1 aliphatic heterocycles. The smallest absolute Gasteiger partial charge is 0.239 e. The lowest BCUT2D eigenvalue weighted by molar-refractivity contribution is -0.119. The summed E-state index contributed by atoms with van der Waals surface area (Å²) in [6, 6.07) is 16.0. The molecule has 1 N–H and O–H groups in total. The van der Waals surface area contributed by atoms with E-state index in [1.54, 1.807) is 0 Å². The van der Waals surface area contributed by atoms with Crippen LogP contribution in [0, 0.1) is 0 Å². The second kappa shape index (κ2) is 10.5. The number of benzene rings is 2. The van der Waals surface area contributed by atoms with Crippen molar-refractivity contribution < 1.29 is 4.79 Å². The largest absolute Gasteiger partial charge is 0.324 e. The fraction of sp³-hybridized carbons (Fsp3) is 0.250. The fourth-order valence-electron chi connectivity index (χ4n) is 3.84. The molecule has 0 fully saturated rings. The number of nitrogens with zero attached hydrogens (tertiary/aromatic N) is 6. The Morgan fingerprint density at radius 3 is 2.66 bits per heavy atom. The van der Waals surface area contributed by atoms with Crippen LogP contribution in [0.15, 0.2) is 68.4 Å². The Morgan fingerprint density at radius 2 is 1.94 bits per heavy atom. The maximum Gasteiger partial charge on any atom is 0.239 e. The number of nitrogens with one attached hydrogen (secondary N) is 1. The number of hydrogen-bond acceptors (Lipinski definition) is 8. The molecule has 1 unspecified atom stereocenters. The van der Waals surface area contributed by atoms with Crippen molar-refractivity contribution in [2.75, 3.05) is 5.75 Å². The number of carbonyl (C=O) groups is 1. The van der Waals surface area contributed by atoms with Crippen molar-refractivity contribution in [3.63, 3.8) is 0 Å². The average molecular weight is 569 g/mol. The maximum absolute atomic E-state index is 13.0. The van der Waals surface area contributed by atoms with Gasteiger partial charge in [-0.1, -0.05) is 76.7 Å². The van der Waals surface area contributed by atoms with Crippen LogP contribution in [0.25, 0.3) is 22.1 Å². The van der Waals surface area contributed by atoms with Crippen molar-refractivity contribution in [1.82, 2.24) is 25.1 Å². The minimum absolute atomic E-state index is 0.147. The van der Waals surface area contributed by atoms with Crippen molar-refractivity contribution >= 4 is 78.3 Å². The van der Waals surface area contributed by atoms with E-state index in [1.165, 1.54) is 23.5 Å². The molecule has 35 heavy (non-hydrogen) atoms. The summed E-state index contributed by atoms with van der Waals surface area (Å²) in [5.41, 5.74) is 4.52. The van der Waals surface area contributed by atoms with Crippen LogP contribution in [0.1, 0.15) is 25.8 Å². The summed E-state index contributed by atoms with van der Waals surface area (Å²) >= 11 is 6.22. The second-order valence-electron chi connectivity index (χ2n) is 7.78. The van der Waals surface area contributed by atoms with E-state index in [4.69, 9.17) is 4.98 Å². The molecule has 0 bridgehead atoms. The summed E-state index contributed by atoms with van der Waals surface area (Å²) in [5.74, 6) is 0.487. The minimum Gasteiger partial charge on any atom is -0.324 e. The number of para-hydroxylation sites is 1. The number of thioether (sulfide) groups is 2. The molecule has 0 aliphatic carbocycles. The SMILES string of the molecule is CCC(Sc1nnc2c3ccccc3n(CC)c2n1)C(=O)NC1=NN=C(c2ccc(Br)cc2)CS1. The van der Waals surface area contributed by atoms with Gasteiger partial charge in [0.1, 0.15) is 5.52 Å². The van der Waals surface area contributed by atoms with Gasteiger partial charge >= 0.3 is 0 Å². The van der Waals surface area contributed by atoms with Gasteiger partial charge in [-0.05, 0) is 37.1 Å². The highest BCUT2D eigenvalue weighted by Crippen LogP contribution is 2.29. The molecule has 2 aromatic carbocycles. The highest BCUT2D eigenvalue weighted by molar-refractivity contribution is 9.10. The van der Waals surface area contributed by atoms with E-state index >= 15 is 0 Å². The van der Waals surface area contributed by atoms with Gasteiger partial charge in [0.15, 0.2) is 10.8 Å². The third kappa shape index (κ3) is 4.98. The van der Waals surface area contributed by atoms with Crippen LogP contribution < -0.4 is 5.32 Å². The van der Waals surface area contributed by atoms with Crippen LogP contribution in [0.2, 0.25) is 0 Å². The van der Waals surface area contributed by atoms with Gasteiger partial charge in [0.2, 0.25) is 11.1 Å². The molecule has 0 saturated carbocycles. The monoisotopic (exact) mass is 567 g/mol. The summed E-state index contributed by atoms with van der Waals surface area (Å²) in [5, 5.41) is 21.8. The first-order valence-electron chi connectivity index (χ1n) is 11.2. The van der Waals surface area contributed by atoms with Crippen LogP contribution in [0.3, 0.4) is 0 Å². The van der Waals surface area contributed by atoms with Gasteiger partial charge in [0.05, 0.1) is 16.5 Å². The van der Waals surface area contributed by atoms with Gasteiger partial charge in [-0.2, -0.15) is 5.10 Å². The predicted octanol–water partition coefficient (Wildman–Crippen LogP) is 5.26. The van der Waals surface area contributed by atoms with Gasteiger partial charge in [-0.25, -0.2) is 4.98 Å². The Balaban J connectivity index is 1.31. The number of halogens is 1. The molecule has 0 saturated heterocycles. The third-order valence-electron chi connectivity index (χ3n) is 5.60. The summed E-state index contributed by atoms with van der Waals surface area (Å²) in [4.78, 5) is 17.8. The zero-order valence-corrected chi connectivity index (χ0v) is 22.3. The molecule has 1 atom stereocenters. The molecular weight excluding hydrogens is 546 g/mol. The van der Waals surface area contributed by atoms with Gasteiger partial charge in [-0.15, -0.1) is 15.3 Å². The number of rotatable bonds is 6. The molecular formula is C24H22BrN7OS2. The maximum atomic E-state index is 13.0. The van der Waals surface area contributed by atoms with E-state index in [2.05, 4.69) is 59.2 Å². The Kier molecular flexibility index (Phi) is 7.17. The van der Waals surface area contributed by atoms with Crippen LogP contribution in [-0.2, 0) is 11.3 Å². The Hall–Kier alpha value is -2.76. The molecule has 8 nitrogen and oxygen atoms in total. The van der Waals surface area contributed by atoms with Crippen LogP contribution in [0.5, 0.6) is 0 Å². The van der Waals surface area contributed by atoms with Gasteiger partial charge < -0.3 is 9.88 Å². The molecule has 1 aliphatic rings. The van der Waals surface area contributed by atoms with E-state index in [0.29, 0.717) is 22.5 Å². The fourth-order valence-corrected chi connectivity index (χ4v) is 5.69. The van der Waals surface area contributed by atoms with E-state index < -0.39 is 0 Å². The Labute approximate surface area is 219 Å². The van der Waals surface area contributed by atoms with Crippen LogP contribution >= 0.6 is 39.5 Å². The predicted molar refractivity (Wildman–Crippen MR) is 147 cm³/mol. The molecule has 178 valence electrons. The number of hydrogen-bond donors (Lipinski definition) is 1. The average Bonchev–Trinajstić information content (AvgIpc) is 3.21. The number of aryl methyl sites for hydroxylation is 1. The topological polar surface area (TPSA) is 97.4 Å².